The Morgan fingerprint density at radius 2 is 1.77 bits per heavy atom. The molecule has 0 unspecified atom stereocenters. The summed E-state index contributed by atoms with van der Waals surface area (Å²) in [5, 5.41) is 6.27. The molecule has 0 fully saturated rings. The normalized spacial score (nSPS) is 12.0. The van der Waals surface area contributed by atoms with Gasteiger partial charge in [0.1, 0.15) is 6.04 Å². The molecule has 5 heteroatoms. The Morgan fingerprint density at radius 1 is 1.14 bits per heavy atom. The van der Waals surface area contributed by atoms with Crippen LogP contribution in [0, 0.1) is 6.92 Å². The smallest absolute Gasteiger partial charge is 0.279 e. The van der Waals surface area contributed by atoms with E-state index in [-0.39, 0.29) is 11.9 Å². The van der Waals surface area contributed by atoms with Crippen molar-refractivity contribution in [1.82, 2.24) is 0 Å². The van der Waals surface area contributed by atoms with Gasteiger partial charge in [0.05, 0.1) is 0 Å². The van der Waals surface area contributed by atoms with E-state index in [1.807, 2.05) is 48.6 Å². The summed E-state index contributed by atoms with van der Waals surface area (Å²) in [6.07, 6.45) is 0. The standard InChI is InChI=1S/C17H18Cl2N2O/c1-11-9-15(19)7-8-16(11)21-17(22)10-20-12(2)13-3-5-14(18)6-4-13/h3-9,12,20H,10H2,1-2H3,(H,21,22)/p+1/t12-/m1/s1. The van der Waals surface area contributed by atoms with E-state index >= 15 is 0 Å². The van der Waals surface area contributed by atoms with Crippen LogP contribution in [0.3, 0.4) is 0 Å². The number of quaternary nitrogens is 1. The SMILES string of the molecule is Cc1cc(Cl)ccc1NC(=O)C[NH2+][C@H](C)c1ccc(Cl)cc1. The first kappa shape index (κ1) is 16.8. The monoisotopic (exact) mass is 337 g/mol. The first-order valence-electron chi connectivity index (χ1n) is 7.10. The van der Waals surface area contributed by atoms with E-state index in [0.29, 0.717) is 16.6 Å². The molecule has 0 aliphatic carbocycles. The van der Waals surface area contributed by atoms with Gasteiger partial charge in [-0.05, 0) is 49.7 Å². The molecule has 1 atom stereocenters. The number of aryl methyl sites for hydroxylation is 1. The average molecular weight is 338 g/mol. The van der Waals surface area contributed by atoms with Gasteiger partial charge >= 0.3 is 0 Å². The fraction of sp³-hybridized carbons (Fsp3) is 0.235. The number of nitrogens with one attached hydrogen (secondary N) is 1. The quantitative estimate of drug-likeness (QED) is 0.860. The highest BCUT2D eigenvalue weighted by atomic mass is 35.5. The van der Waals surface area contributed by atoms with Gasteiger partial charge in [0.2, 0.25) is 0 Å². The maximum absolute atomic E-state index is 12.0. The van der Waals surface area contributed by atoms with Gasteiger partial charge < -0.3 is 10.6 Å². The van der Waals surface area contributed by atoms with Crippen molar-refractivity contribution in [1.29, 1.82) is 0 Å². The number of amides is 1. The molecule has 0 bridgehead atoms. The molecule has 0 aliphatic rings. The van der Waals surface area contributed by atoms with Crippen molar-refractivity contribution in [3.05, 3.63) is 63.6 Å². The molecule has 0 radical (unpaired) electrons. The molecule has 2 rings (SSSR count). The molecular weight excluding hydrogens is 319 g/mol. The van der Waals surface area contributed by atoms with Gasteiger partial charge in [-0.1, -0.05) is 35.3 Å². The third-order valence-corrected chi connectivity index (χ3v) is 4.00. The van der Waals surface area contributed by atoms with E-state index in [1.54, 1.807) is 6.07 Å². The summed E-state index contributed by atoms with van der Waals surface area (Å²) < 4.78 is 0. The van der Waals surface area contributed by atoms with Crippen molar-refractivity contribution in [2.75, 3.05) is 11.9 Å². The summed E-state index contributed by atoms with van der Waals surface area (Å²) in [6, 6.07) is 13.3. The minimum atomic E-state index is -0.0359. The predicted octanol–water partition coefficient (Wildman–Crippen LogP) is 3.56. The molecule has 116 valence electrons. The molecule has 1 amide bonds. The van der Waals surface area contributed by atoms with Gasteiger partial charge in [0.15, 0.2) is 6.54 Å². The van der Waals surface area contributed by atoms with Crippen molar-refractivity contribution < 1.29 is 10.1 Å². The van der Waals surface area contributed by atoms with Crippen LogP contribution in [0.5, 0.6) is 0 Å². The molecule has 2 aromatic carbocycles. The van der Waals surface area contributed by atoms with Crippen molar-refractivity contribution in [3.8, 4) is 0 Å². The number of halogens is 2. The summed E-state index contributed by atoms with van der Waals surface area (Å²) in [5.74, 6) is -0.0359. The van der Waals surface area contributed by atoms with E-state index in [4.69, 9.17) is 23.2 Å². The number of rotatable bonds is 5. The number of hydrogen-bond acceptors (Lipinski definition) is 1. The average Bonchev–Trinajstić information content (AvgIpc) is 2.48. The first-order chi connectivity index (χ1) is 10.5. The molecule has 22 heavy (non-hydrogen) atoms. The highest BCUT2D eigenvalue weighted by molar-refractivity contribution is 6.31. The third-order valence-electron chi connectivity index (χ3n) is 3.52. The Bertz CT molecular complexity index is 656. The van der Waals surface area contributed by atoms with E-state index in [2.05, 4.69) is 12.2 Å². The van der Waals surface area contributed by atoms with Crippen LogP contribution in [0.4, 0.5) is 5.69 Å². The van der Waals surface area contributed by atoms with Gasteiger partial charge in [-0.25, -0.2) is 0 Å². The van der Waals surface area contributed by atoms with Crippen molar-refractivity contribution >= 4 is 34.8 Å². The van der Waals surface area contributed by atoms with E-state index in [1.165, 1.54) is 0 Å². The fourth-order valence-electron chi connectivity index (χ4n) is 2.15. The number of nitrogens with two attached hydrogens (primary N) is 1. The highest BCUT2D eigenvalue weighted by Crippen LogP contribution is 2.19. The lowest BCUT2D eigenvalue weighted by Gasteiger charge is -2.12. The van der Waals surface area contributed by atoms with Crippen LogP contribution in [0.25, 0.3) is 0 Å². The summed E-state index contributed by atoms with van der Waals surface area (Å²) in [4.78, 5) is 12.0. The molecule has 0 spiro atoms. The van der Waals surface area contributed by atoms with Crippen LogP contribution in [0.15, 0.2) is 42.5 Å². The number of anilines is 1. The lowest BCUT2D eigenvalue weighted by atomic mass is 10.1. The van der Waals surface area contributed by atoms with Gasteiger partial charge in [0.25, 0.3) is 5.91 Å². The Hall–Kier alpha value is -1.55. The lowest BCUT2D eigenvalue weighted by molar-refractivity contribution is -0.682. The molecule has 0 aliphatic heterocycles. The van der Waals surface area contributed by atoms with Crippen LogP contribution >= 0.6 is 23.2 Å². The summed E-state index contributed by atoms with van der Waals surface area (Å²) in [7, 11) is 0. The van der Waals surface area contributed by atoms with Crippen LogP contribution in [0.1, 0.15) is 24.1 Å². The van der Waals surface area contributed by atoms with E-state index in [0.717, 1.165) is 16.8 Å². The summed E-state index contributed by atoms with van der Waals surface area (Å²) >= 11 is 11.8. The van der Waals surface area contributed by atoms with Gasteiger partial charge in [-0.3, -0.25) is 4.79 Å². The maximum atomic E-state index is 12.0. The Kier molecular flexibility index (Phi) is 5.83. The van der Waals surface area contributed by atoms with Crippen LogP contribution in [-0.2, 0) is 4.79 Å². The number of carbonyl (C=O) groups excluding carboxylic acids is 1. The minimum absolute atomic E-state index is 0.0359. The molecule has 0 heterocycles. The molecular formula is C17H19Cl2N2O+. The summed E-state index contributed by atoms with van der Waals surface area (Å²) in [5.41, 5.74) is 2.88. The highest BCUT2D eigenvalue weighted by Gasteiger charge is 2.12. The largest absolute Gasteiger partial charge is 0.333 e. The topological polar surface area (TPSA) is 45.7 Å². The molecule has 2 aromatic rings. The Balaban J connectivity index is 1.88. The van der Waals surface area contributed by atoms with Gasteiger partial charge in [-0.15, -0.1) is 0 Å². The second kappa shape index (κ2) is 7.63. The van der Waals surface area contributed by atoms with Crippen molar-refractivity contribution in [2.24, 2.45) is 0 Å². The van der Waals surface area contributed by atoms with E-state index < -0.39 is 0 Å². The third kappa shape index (κ3) is 4.73. The fourth-order valence-corrected chi connectivity index (χ4v) is 2.51. The zero-order valence-corrected chi connectivity index (χ0v) is 14.1. The zero-order chi connectivity index (χ0) is 16.1. The van der Waals surface area contributed by atoms with E-state index in [9.17, 15) is 4.79 Å². The summed E-state index contributed by atoms with van der Waals surface area (Å²) in [6.45, 7) is 4.33. The van der Waals surface area contributed by atoms with Crippen LogP contribution < -0.4 is 10.6 Å². The molecule has 3 nitrogen and oxygen atoms in total. The van der Waals surface area contributed by atoms with Crippen molar-refractivity contribution in [3.63, 3.8) is 0 Å². The van der Waals surface area contributed by atoms with Crippen molar-refractivity contribution in [2.45, 2.75) is 19.9 Å². The second-order valence-electron chi connectivity index (χ2n) is 5.29. The van der Waals surface area contributed by atoms with Crippen LogP contribution in [-0.4, -0.2) is 12.5 Å². The number of hydrogen-bond donors (Lipinski definition) is 2. The number of benzene rings is 2. The van der Waals surface area contributed by atoms with Gasteiger partial charge in [-0.2, -0.15) is 0 Å². The number of carbonyl (C=O) groups is 1. The first-order valence-corrected chi connectivity index (χ1v) is 7.86. The second-order valence-corrected chi connectivity index (χ2v) is 6.16. The molecule has 0 aromatic heterocycles. The minimum Gasteiger partial charge on any atom is -0.333 e. The molecule has 0 saturated heterocycles. The van der Waals surface area contributed by atoms with Crippen LogP contribution in [0.2, 0.25) is 10.0 Å². The molecule has 0 saturated carbocycles. The molecule has 3 N–H and O–H groups in total. The zero-order valence-electron chi connectivity index (χ0n) is 12.6. The Labute approximate surface area is 140 Å². The Morgan fingerprint density at radius 3 is 2.41 bits per heavy atom. The predicted molar refractivity (Wildman–Crippen MR) is 91.5 cm³/mol. The maximum Gasteiger partial charge on any atom is 0.279 e. The lowest BCUT2D eigenvalue weighted by Crippen LogP contribution is -2.86. The van der Waals surface area contributed by atoms with Gasteiger partial charge in [0, 0.05) is 21.3 Å².